The second-order valence-electron chi connectivity index (χ2n) is 13.4. The van der Waals surface area contributed by atoms with E-state index in [9.17, 15) is 14.7 Å². The average Bonchev–Trinajstić information content (AvgIpc) is 3.56. The number of methoxy groups -OCH3 is 1. The van der Waals surface area contributed by atoms with Crippen molar-refractivity contribution in [3.63, 3.8) is 0 Å². The van der Waals surface area contributed by atoms with Gasteiger partial charge >= 0.3 is 0 Å². The van der Waals surface area contributed by atoms with Crippen molar-refractivity contribution in [1.29, 1.82) is 0 Å². The zero-order chi connectivity index (χ0) is 34.6. The Morgan fingerprint density at radius 1 is 0.939 bits per heavy atom. The summed E-state index contributed by atoms with van der Waals surface area (Å²) < 4.78 is 19.0. The molecule has 2 aliphatic heterocycles. The number of aliphatic hydroxyl groups is 1. The fraction of sp³-hybridized carbons (Fsp3) is 0.500. The first-order valence-corrected chi connectivity index (χ1v) is 17.8. The van der Waals surface area contributed by atoms with Crippen LogP contribution in [0.2, 0.25) is 0 Å². The number of hydrogen-bond acceptors (Lipinski definition) is 7. The molecule has 0 bridgehead atoms. The lowest BCUT2D eigenvalue weighted by Crippen LogP contribution is -2.46. The van der Waals surface area contributed by atoms with E-state index in [4.69, 9.17) is 14.2 Å². The number of rotatable bonds is 16. The van der Waals surface area contributed by atoms with E-state index in [-0.39, 0.29) is 36.5 Å². The zero-order valence-electron chi connectivity index (χ0n) is 29.2. The van der Waals surface area contributed by atoms with E-state index < -0.39 is 6.29 Å². The van der Waals surface area contributed by atoms with Crippen molar-refractivity contribution >= 4 is 11.8 Å². The molecule has 0 aromatic heterocycles. The molecule has 2 heterocycles. The molecule has 9 heteroatoms. The molecule has 3 N–H and O–H groups in total. The number of carbonyl (C=O) groups is 2. The predicted molar refractivity (Wildman–Crippen MR) is 190 cm³/mol. The van der Waals surface area contributed by atoms with E-state index in [1.54, 1.807) is 7.11 Å². The molecule has 2 saturated heterocycles. The summed E-state index contributed by atoms with van der Waals surface area (Å²) in [4.78, 5) is 26.1. The van der Waals surface area contributed by atoms with Gasteiger partial charge in [0, 0.05) is 57.6 Å². The Bertz CT molecular complexity index is 1480. The Hall–Kier alpha value is -3.60. The maximum atomic E-state index is 12.6. The number of aliphatic hydroxyl groups excluding tert-OH is 1. The second kappa shape index (κ2) is 18.4. The average molecular weight is 672 g/mol. The van der Waals surface area contributed by atoms with Gasteiger partial charge in [0.25, 0.3) is 0 Å². The molecule has 0 aliphatic carbocycles. The van der Waals surface area contributed by atoms with Gasteiger partial charge in [0.2, 0.25) is 11.8 Å². The van der Waals surface area contributed by atoms with Crippen LogP contribution in [0.15, 0.2) is 72.8 Å². The van der Waals surface area contributed by atoms with Gasteiger partial charge in [0.1, 0.15) is 0 Å². The molecule has 0 radical (unpaired) electrons. The number of likely N-dealkylation sites (tertiary alicyclic amines) is 1. The summed E-state index contributed by atoms with van der Waals surface area (Å²) in [7, 11) is 1.77. The van der Waals surface area contributed by atoms with E-state index in [0.717, 1.165) is 85.2 Å². The molecule has 5 atom stereocenters. The first-order valence-electron chi connectivity index (χ1n) is 17.8. The number of benzene rings is 3. The van der Waals surface area contributed by atoms with E-state index in [0.29, 0.717) is 25.6 Å². The summed E-state index contributed by atoms with van der Waals surface area (Å²) in [5.41, 5.74) is 6.09. The van der Waals surface area contributed by atoms with Crippen molar-refractivity contribution in [2.24, 2.45) is 5.92 Å². The third kappa shape index (κ3) is 10.2. The Balaban J connectivity index is 1.26. The molecular weight excluding hydrogens is 618 g/mol. The molecule has 0 unspecified atom stereocenters. The fourth-order valence-electron chi connectivity index (χ4n) is 6.99. The lowest BCUT2D eigenvalue weighted by molar-refractivity contribution is -0.276. The first kappa shape index (κ1) is 36.7. The molecule has 0 spiro atoms. The molecule has 49 heavy (non-hydrogen) atoms. The van der Waals surface area contributed by atoms with Gasteiger partial charge in [-0.1, -0.05) is 86.1 Å². The highest BCUT2D eigenvalue weighted by atomic mass is 16.7. The quantitative estimate of drug-likeness (QED) is 0.159. The van der Waals surface area contributed by atoms with Gasteiger partial charge < -0.3 is 30.0 Å². The van der Waals surface area contributed by atoms with Crippen LogP contribution in [0.4, 0.5) is 0 Å². The number of nitrogens with one attached hydrogen (secondary N) is 2. The van der Waals surface area contributed by atoms with Gasteiger partial charge in [0.15, 0.2) is 6.29 Å². The fourth-order valence-corrected chi connectivity index (χ4v) is 6.99. The van der Waals surface area contributed by atoms with Gasteiger partial charge in [-0.05, 0) is 60.0 Å². The van der Waals surface area contributed by atoms with Crippen LogP contribution < -0.4 is 10.6 Å². The third-order valence-corrected chi connectivity index (χ3v) is 9.84. The van der Waals surface area contributed by atoms with Gasteiger partial charge in [-0.2, -0.15) is 0 Å². The molecule has 2 amide bonds. The third-order valence-electron chi connectivity index (χ3n) is 9.84. The van der Waals surface area contributed by atoms with Gasteiger partial charge in [-0.15, -0.1) is 0 Å². The Morgan fingerprint density at radius 2 is 1.69 bits per heavy atom. The molecule has 3 aromatic rings. The largest absolute Gasteiger partial charge is 0.392 e. The molecule has 264 valence electrons. The molecule has 5 rings (SSSR count). The van der Waals surface area contributed by atoms with Crippen LogP contribution in [0.5, 0.6) is 0 Å². The minimum Gasteiger partial charge on any atom is -0.392 e. The topological polar surface area (TPSA) is 109 Å². The van der Waals surface area contributed by atoms with Crippen LogP contribution >= 0.6 is 0 Å². The van der Waals surface area contributed by atoms with Crippen LogP contribution in [-0.2, 0) is 37.0 Å². The molecule has 0 saturated carbocycles. The highest BCUT2D eigenvalue weighted by Gasteiger charge is 2.40. The van der Waals surface area contributed by atoms with Crippen molar-refractivity contribution in [1.82, 2.24) is 15.5 Å². The lowest BCUT2D eigenvalue weighted by atomic mass is 9.89. The summed E-state index contributed by atoms with van der Waals surface area (Å²) in [5, 5.41) is 15.5. The van der Waals surface area contributed by atoms with Crippen LogP contribution in [0, 0.1) is 5.92 Å². The molecule has 2 fully saturated rings. The standard InChI is InChI=1S/C40H53N3O6/c1-28-37(25-43-23-9-11-35(43)27-47-3)48-40(49-39(28)32-16-14-30(26-44)15-17-32)33-20-18-31(19-21-33)36-12-7-6-10-34(36)24-42-38(46)13-5-4-8-22-41-29(2)45/h6-7,10,12,14-21,28,35,37,39-40,44H,4-5,8-9,11,13,22-27H2,1-3H3,(H,41,45)(H,42,46)/t28-,35+,37+,39+,40+/m1/s1. The SMILES string of the molecule is COC[C@@H]1CCCN1C[C@@H]1O[C@H](c2ccc(-c3ccccc3CNC(=O)CCCCCNC(C)=O)cc2)O[C@H](c2ccc(CO)cc2)[C@@H]1C. The molecule has 9 nitrogen and oxygen atoms in total. The highest BCUT2D eigenvalue weighted by Crippen LogP contribution is 2.42. The van der Waals surface area contributed by atoms with Crippen LogP contribution in [-0.4, -0.2) is 67.3 Å². The number of hydrogen-bond donors (Lipinski definition) is 3. The molecular formula is C40H53N3O6. The van der Waals surface area contributed by atoms with Crippen molar-refractivity contribution in [2.75, 3.05) is 33.4 Å². The summed E-state index contributed by atoms with van der Waals surface area (Å²) in [6, 6.07) is 25.0. The summed E-state index contributed by atoms with van der Waals surface area (Å²) >= 11 is 0. The minimum atomic E-state index is -0.533. The Labute approximate surface area is 291 Å². The van der Waals surface area contributed by atoms with Crippen LogP contribution in [0.1, 0.15) is 87.0 Å². The monoisotopic (exact) mass is 671 g/mol. The van der Waals surface area contributed by atoms with Gasteiger partial charge in [0.05, 0.1) is 25.4 Å². The van der Waals surface area contributed by atoms with Crippen molar-refractivity contribution in [3.05, 3.63) is 95.1 Å². The maximum Gasteiger partial charge on any atom is 0.220 e. The minimum absolute atomic E-state index is 0.00946. The molecule has 3 aromatic carbocycles. The number of amides is 2. The van der Waals surface area contributed by atoms with Gasteiger partial charge in [-0.3, -0.25) is 14.5 Å². The van der Waals surface area contributed by atoms with E-state index in [1.165, 1.54) is 6.92 Å². The predicted octanol–water partition coefficient (Wildman–Crippen LogP) is 6.06. The first-order chi connectivity index (χ1) is 23.9. The van der Waals surface area contributed by atoms with E-state index in [1.807, 2.05) is 24.3 Å². The van der Waals surface area contributed by atoms with E-state index >= 15 is 0 Å². The number of unbranched alkanes of at least 4 members (excludes halogenated alkanes) is 2. The maximum absolute atomic E-state index is 12.6. The summed E-state index contributed by atoms with van der Waals surface area (Å²) in [6.07, 6.45) is 4.58. The normalized spacial score (nSPS) is 22.6. The van der Waals surface area contributed by atoms with Crippen molar-refractivity contribution < 1.29 is 28.9 Å². The summed E-state index contributed by atoms with van der Waals surface area (Å²) in [5.74, 6) is 0.123. The molecule has 2 aliphatic rings. The van der Waals surface area contributed by atoms with Crippen LogP contribution in [0.3, 0.4) is 0 Å². The Morgan fingerprint density at radius 3 is 2.43 bits per heavy atom. The van der Waals surface area contributed by atoms with Crippen molar-refractivity contribution in [3.8, 4) is 11.1 Å². The summed E-state index contributed by atoms with van der Waals surface area (Å²) in [6.45, 7) is 7.41. The number of nitrogens with zero attached hydrogens (tertiary/aromatic N) is 1. The number of ether oxygens (including phenoxy) is 3. The lowest BCUT2D eigenvalue weighted by Gasteiger charge is -2.43. The zero-order valence-corrected chi connectivity index (χ0v) is 29.2. The smallest absolute Gasteiger partial charge is 0.220 e. The van der Waals surface area contributed by atoms with Gasteiger partial charge in [-0.25, -0.2) is 0 Å². The highest BCUT2D eigenvalue weighted by molar-refractivity contribution is 5.76. The number of carbonyl (C=O) groups excluding carboxylic acids is 2. The van der Waals surface area contributed by atoms with Crippen LogP contribution in [0.25, 0.3) is 11.1 Å². The second-order valence-corrected chi connectivity index (χ2v) is 13.4. The van der Waals surface area contributed by atoms with E-state index in [2.05, 4.69) is 71.0 Å². The van der Waals surface area contributed by atoms with Crippen molar-refractivity contribution in [2.45, 2.75) is 90.1 Å². The Kier molecular flexibility index (Phi) is 13.8.